The fourth-order valence-corrected chi connectivity index (χ4v) is 3.58. The van der Waals surface area contributed by atoms with Gasteiger partial charge in [-0.15, -0.1) is 35.3 Å². The molecule has 1 aliphatic heterocycles. The maximum absolute atomic E-state index is 5.42. The van der Waals surface area contributed by atoms with Gasteiger partial charge in [0.1, 0.15) is 0 Å². The van der Waals surface area contributed by atoms with E-state index in [1.807, 2.05) is 0 Å². The molecule has 1 saturated heterocycles. The van der Waals surface area contributed by atoms with E-state index >= 15 is 0 Å². The first-order valence-electron chi connectivity index (χ1n) is 9.38. The van der Waals surface area contributed by atoms with Crippen molar-refractivity contribution in [3.63, 3.8) is 0 Å². The summed E-state index contributed by atoms with van der Waals surface area (Å²) in [6.07, 6.45) is 0.923. The van der Waals surface area contributed by atoms with Gasteiger partial charge in [0.05, 0.1) is 30.5 Å². The summed E-state index contributed by atoms with van der Waals surface area (Å²) in [5.74, 6) is 1.40. The van der Waals surface area contributed by atoms with Gasteiger partial charge < -0.3 is 15.4 Å². The van der Waals surface area contributed by atoms with Crippen LogP contribution in [0.1, 0.15) is 44.3 Å². The molecule has 2 rings (SSSR count). The van der Waals surface area contributed by atoms with Crippen molar-refractivity contribution in [2.75, 3.05) is 45.9 Å². The number of hydrogen-bond donors (Lipinski definition) is 2. The Hall–Kier alpha value is -0.450. The van der Waals surface area contributed by atoms with Crippen molar-refractivity contribution < 1.29 is 4.74 Å². The third-order valence-electron chi connectivity index (χ3n) is 4.26. The Bertz CT molecular complexity index is 531. The van der Waals surface area contributed by atoms with Crippen molar-refractivity contribution in [1.82, 2.24) is 20.5 Å². The van der Waals surface area contributed by atoms with Crippen LogP contribution in [0.3, 0.4) is 0 Å². The van der Waals surface area contributed by atoms with Crippen molar-refractivity contribution in [2.45, 2.75) is 46.1 Å². The average molecular weight is 495 g/mol. The van der Waals surface area contributed by atoms with Crippen LogP contribution >= 0.6 is 35.3 Å². The predicted octanol–water partition coefficient (Wildman–Crippen LogP) is 2.70. The lowest BCUT2D eigenvalue weighted by Gasteiger charge is -2.31. The number of thiazole rings is 1. The zero-order chi connectivity index (χ0) is 18.1. The van der Waals surface area contributed by atoms with Gasteiger partial charge >= 0.3 is 0 Å². The molecule has 0 saturated carbocycles. The van der Waals surface area contributed by atoms with Crippen molar-refractivity contribution in [3.05, 3.63) is 16.1 Å². The first kappa shape index (κ1) is 23.6. The van der Waals surface area contributed by atoms with Gasteiger partial charge in [0, 0.05) is 49.9 Å². The summed E-state index contributed by atoms with van der Waals surface area (Å²) in [4.78, 5) is 11.9. The van der Waals surface area contributed by atoms with Crippen molar-refractivity contribution >= 4 is 41.3 Å². The highest BCUT2D eigenvalue weighted by Gasteiger charge is 2.16. The SMILES string of the molecule is CCNC(=NCC(C)N1CCOCC1)NCCc1csc(C(C)C)n1.I. The molecule has 6 nitrogen and oxygen atoms in total. The number of nitrogens with one attached hydrogen (secondary N) is 2. The monoisotopic (exact) mass is 495 g/mol. The molecule has 8 heteroatoms. The van der Waals surface area contributed by atoms with E-state index in [-0.39, 0.29) is 24.0 Å². The second-order valence-electron chi connectivity index (χ2n) is 6.73. The Morgan fingerprint density at radius 1 is 1.31 bits per heavy atom. The Balaban J connectivity index is 0.00000338. The fraction of sp³-hybridized carbons (Fsp3) is 0.778. The fourth-order valence-electron chi connectivity index (χ4n) is 2.71. The number of aromatic nitrogens is 1. The molecule has 1 fully saturated rings. The molecule has 0 bridgehead atoms. The minimum absolute atomic E-state index is 0. The van der Waals surface area contributed by atoms with Gasteiger partial charge in [-0.05, 0) is 13.8 Å². The predicted molar refractivity (Wildman–Crippen MR) is 121 cm³/mol. The van der Waals surface area contributed by atoms with Gasteiger partial charge in [0.15, 0.2) is 5.96 Å². The van der Waals surface area contributed by atoms with Crippen LogP contribution in [0, 0.1) is 0 Å². The van der Waals surface area contributed by atoms with Crippen LogP contribution in [-0.4, -0.2) is 67.8 Å². The lowest BCUT2D eigenvalue weighted by molar-refractivity contribution is 0.0220. The summed E-state index contributed by atoms with van der Waals surface area (Å²) in [5, 5.41) is 10.1. The molecule has 1 unspecified atom stereocenters. The van der Waals surface area contributed by atoms with E-state index in [1.54, 1.807) is 11.3 Å². The average Bonchev–Trinajstić information content (AvgIpc) is 3.09. The Labute approximate surface area is 179 Å². The molecule has 1 atom stereocenters. The van der Waals surface area contributed by atoms with Crippen LogP contribution in [0.15, 0.2) is 10.4 Å². The first-order valence-corrected chi connectivity index (χ1v) is 10.3. The molecule has 1 aromatic rings. The zero-order valence-corrected chi connectivity index (χ0v) is 19.6. The minimum atomic E-state index is 0. The van der Waals surface area contributed by atoms with Crippen molar-refractivity contribution in [1.29, 1.82) is 0 Å². The maximum Gasteiger partial charge on any atom is 0.191 e. The van der Waals surface area contributed by atoms with Gasteiger partial charge in [0.25, 0.3) is 0 Å². The molecule has 0 aliphatic carbocycles. The second kappa shape index (κ2) is 12.9. The van der Waals surface area contributed by atoms with Gasteiger partial charge in [-0.1, -0.05) is 13.8 Å². The van der Waals surface area contributed by atoms with Crippen LogP contribution in [0.25, 0.3) is 0 Å². The third kappa shape index (κ3) is 8.06. The molecule has 2 heterocycles. The van der Waals surface area contributed by atoms with E-state index in [9.17, 15) is 0 Å². The normalized spacial score (nSPS) is 17.0. The van der Waals surface area contributed by atoms with E-state index in [1.165, 1.54) is 10.7 Å². The second-order valence-corrected chi connectivity index (χ2v) is 7.62. The van der Waals surface area contributed by atoms with E-state index in [0.717, 1.165) is 58.3 Å². The van der Waals surface area contributed by atoms with Gasteiger partial charge in [0.2, 0.25) is 0 Å². The molecule has 0 spiro atoms. The minimum Gasteiger partial charge on any atom is -0.379 e. The van der Waals surface area contributed by atoms with Crippen LogP contribution in [0.5, 0.6) is 0 Å². The summed E-state index contributed by atoms with van der Waals surface area (Å²) >= 11 is 1.76. The number of nitrogens with zero attached hydrogens (tertiary/aromatic N) is 3. The number of morpholine rings is 1. The number of ether oxygens (including phenoxy) is 1. The Morgan fingerprint density at radius 2 is 2.04 bits per heavy atom. The zero-order valence-electron chi connectivity index (χ0n) is 16.5. The molecule has 150 valence electrons. The van der Waals surface area contributed by atoms with E-state index < -0.39 is 0 Å². The van der Waals surface area contributed by atoms with Crippen molar-refractivity contribution in [3.8, 4) is 0 Å². The molecule has 0 radical (unpaired) electrons. The molecule has 0 amide bonds. The molecule has 1 aliphatic rings. The van der Waals surface area contributed by atoms with Crippen LogP contribution in [-0.2, 0) is 11.2 Å². The molecule has 1 aromatic heterocycles. The van der Waals surface area contributed by atoms with Crippen LogP contribution in [0.2, 0.25) is 0 Å². The highest BCUT2D eigenvalue weighted by molar-refractivity contribution is 14.0. The number of rotatable bonds is 8. The summed E-state index contributed by atoms with van der Waals surface area (Å²) in [6.45, 7) is 14.9. The van der Waals surface area contributed by atoms with Crippen LogP contribution in [0.4, 0.5) is 0 Å². The molecular weight excluding hydrogens is 461 g/mol. The van der Waals surface area contributed by atoms with Crippen molar-refractivity contribution in [2.24, 2.45) is 4.99 Å². The van der Waals surface area contributed by atoms with Gasteiger partial charge in [-0.25, -0.2) is 4.98 Å². The van der Waals surface area contributed by atoms with Gasteiger partial charge in [-0.2, -0.15) is 0 Å². The van der Waals surface area contributed by atoms with E-state index in [4.69, 9.17) is 9.73 Å². The maximum atomic E-state index is 5.42. The first-order chi connectivity index (χ1) is 12.1. The van der Waals surface area contributed by atoms with Gasteiger partial charge in [-0.3, -0.25) is 9.89 Å². The standard InChI is InChI=1S/C18H33N5OS.HI/c1-5-19-18(21-12-15(4)23-8-10-24-11-9-23)20-7-6-16-13-25-17(22-16)14(2)3;/h13-15H,5-12H2,1-4H3,(H2,19,20,21);1H. The third-order valence-corrected chi connectivity index (χ3v) is 5.46. The highest BCUT2D eigenvalue weighted by atomic mass is 127. The molecule has 2 N–H and O–H groups in total. The Morgan fingerprint density at radius 3 is 2.65 bits per heavy atom. The highest BCUT2D eigenvalue weighted by Crippen LogP contribution is 2.19. The molecular formula is C18H34IN5OS. The lowest BCUT2D eigenvalue weighted by atomic mass is 10.2. The number of guanidine groups is 1. The number of halogens is 1. The van der Waals surface area contributed by atoms with E-state index in [0.29, 0.717) is 12.0 Å². The van der Waals surface area contributed by atoms with Crippen LogP contribution < -0.4 is 10.6 Å². The Kier molecular flexibility index (Phi) is 11.7. The summed E-state index contributed by atoms with van der Waals surface area (Å²) in [6, 6.07) is 0.437. The quantitative estimate of drug-likeness (QED) is 0.330. The number of aliphatic imine (C=N–C) groups is 1. The lowest BCUT2D eigenvalue weighted by Crippen LogP contribution is -2.44. The number of hydrogen-bond acceptors (Lipinski definition) is 5. The summed E-state index contributed by atoms with van der Waals surface area (Å²) < 4.78 is 5.42. The summed E-state index contributed by atoms with van der Waals surface area (Å²) in [5.41, 5.74) is 1.17. The smallest absolute Gasteiger partial charge is 0.191 e. The largest absolute Gasteiger partial charge is 0.379 e. The molecule has 26 heavy (non-hydrogen) atoms. The summed E-state index contributed by atoms with van der Waals surface area (Å²) in [7, 11) is 0. The molecule has 0 aromatic carbocycles. The van der Waals surface area contributed by atoms with E-state index in [2.05, 4.69) is 53.6 Å². The topological polar surface area (TPSA) is 61.8 Å².